The second-order valence-electron chi connectivity index (χ2n) is 18.0. The Labute approximate surface area is 312 Å². The van der Waals surface area contributed by atoms with Crippen LogP contribution < -0.4 is 0 Å². The Bertz CT molecular complexity index is 1410. The summed E-state index contributed by atoms with van der Waals surface area (Å²) in [6, 6.07) is 0. The molecule has 296 valence electrons. The Morgan fingerprint density at radius 1 is 0.811 bits per heavy atom. The van der Waals surface area contributed by atoms with E-state index in [1.165, 1.54) is 0 Å². The summed E-state index contributed by atoms with van der Waals surface area (Å²) >= 11 is 0. The van der Waals surface area contributed by atoms with Crippen molar-refractivity contribution in [3.8, 4) is 0 Å². The van der Waals surface area contributed by atoms with Gasteiger partial charge in [0, 0.05) is 63.4 Å². The summed E-state index contributed by atoms with van der Waals surface area (Å²) in [6.45, 7) is 10.7. The lowest BCUT2D eigenvalue weighted by Gasteiger charge is -2.70. The molecule has 1 saturated carbocycles. The number of ketones is 1. The fourth-order valence-electron chi connectivity index (χ4n) is 11.7. The number of aliphatic hydroxyl groups excluding tert-OH is 2. The predicted molar refractivity (Wildman–Crippen MR) is 189 cm³/mol. The summed E-state index contributed by atoms with van der Waals surface area (Å²) in [6.07, 6.45) is 3.40. The second-order valence-corrected chi connectivity index (χ2v) is 18.0. The summed E-state index contributed by atoms with van der Waals surface area (Å²) in [5.74, 6) is -1.11. The number of fused-ring (bicyclic) bond motifs is 6. The van der Waals surface area contributed by atoms with Gasteiger partial charge >= 0.3 is 0 Å². The van der Waals surface area contributed by atoms with Gasteiger partial charge in [0.2, 0.25) is 0 Å². The van der Waals surface area contributed by atoms with E-state index in [-0.39, 0.29) is 116 Å². The van der Waals surface area contributed by atoms with Crippen molar-refractivity contribution >= 4 is 5.78 Å². The summed E-state index contributed by atoms with van der Waals surface area (Å²) in [5.41, 5.74) is 2.11. The molecule has 0 radical (unpaired) electrons. The molecule has 0 spiro atoms. The van der Waals surface area contributed by atoms with Crippen LogP contribution in [0.1, 0.15) is 90.4 Å². The minimum absolute atomic E-state index is 0.00539. The zero-order chi connectivity index (χ0) is 36.8. The molecule has 10 aliphatic heterocycles. The van der Waals surface area contributed by atoms with Crippen molar-refractivity contribution in [3.05, 3.63) is 24.3 Å². The van der Waals surface area contributed by atoms with E-state index in [1.54, 1.807) is 7.11 Å². The molecule has 12 nitrogen and oxygen atoms in total. The standard InChI is InChI=1S/C41H60O12/c1-19-11-24-5-7-28-20(2)12-26(47-28)9-10-41(45)17-33-34-38-35(39(34)52-33)40(53-41)37-29(51-38)8-6-25(49-37)13-22(43)14-27-31(16-30(48-24)21(19)3)50-32(36(27)46-4)15-23(44)18-42/h19,23-40,42,44-45H,2-3,5-18H2,1,4H3/t19-,23+,24+,25-,26+,27+,28+,29+,30-,31+,32-,33-,34+,35?,36-,37+,38+,39?,40-,41+/m1/s1. The Balaban J connectivity index is 0.992. The van der Waals surface area contributed by atoms with Crippen LogP contribution in [-0.4, -0.2) is 132 Å². The molecule has 10 heterocycles. The highest BCUT2D eigenvalue weighted by atomic mass is 16.7. The van der Waals surface area contributed by atoms with Crippen LogP contribution in [0.3, 0.4) is 0 Å². The molecule has 2 unspecified atom stereocenters. The number of hydrogen-bond donors (Lipinski definition) is 3. The quantitative estimate of drug-likeness (QED) is 0.363. The van der Waals surface area contributed by atoms with Crippen molar-refractivity contribution in [2.45, 2.75) is 188 Å². The van der Waals surface area contributed by atoms with E-state index >= 15 is 0 Å². The number of carbonyl (C=O) groups excluding carboxylic acids is 1. The molecular formula is C41H60O12. The first-order valence-corrected chi connectivity index (χ1v) is 20.5. The number of carbonyl (C=O) groups is 1. The van der Waals surface area contributed by atoms with Crippen LogP contribution in [0.5, 0.6) is 0 Å². The molecule has 0 aromatic rings. The minimum atomic E-state index is -1.38. The number of aliphatic hydroxyl groups is 3. The Kier molecular flexibility index (Phi) is 10.3. The van der Waals surface area contributed by atoms with Gasteiger partial charge in [-0.3, -0.25) is 4.79 Å². The Hall–Kier alpha value is -1.29. The van der Waals surface area contributed by atoms with E-state index < -0.39 is 36.3 Å². The minimum Gasteiger partial charge on any atom is -0.394 e. The molecule has 3 N–H and O–H groups in total. The van der Waals surface area contributed by atoms with Crippen molar-refractivity contribution in [1.29, 1.82) is 0 Å². The fraction of sp³-hybridized carbons (Fsp3) is 0.878. The lowest BCUT2D eigenvalue weighted by molar-refractivity contribution is -0.444. The molecule has 0 aromatic heterocycles. The predicted octanol–water partition coefficient (Wildman–Crippen LogP) is 3.31. The van der Waals surface area contributed by atoms with Crippen LogP contribution >= 0.6 is 0 Å². The van der Waals surface area contributed by atoms with Crippen LogP contribution in [0.4, 0.5) is 0 Å². The van der Waals surface area contributed by atoms with E-state index in [2.05, 4.69) is 20.1 Å². The van der Waals surface area contributed by atoms with Gasteiger partial charge in [0.15, 0.2) is 5.79 Å². The van der Waals surface area contributed by atoms with Gasteiger partial charge in [-0.2, -0.15) is 0 Å². The topological polar surface area (TPSA) is 152 Å². The molecule has 53 heavy (non-hydrogen) atoms. The highest BCUT2D eigenvalue weighted by Crippen LogP contribution is 2.61. The number of rotatable bonds is 4. The SMILES string of the molecule is C=C1C[C@@H]2CC[C@@]3(O)C[C@H]4OC5C6[C@@H](O3)[C@H]3O[C@H](CC[C@@H]3O[C@H]6[C@@H]54)CC(=O)C[C@@H]3[C@@H](OC)[C@@H](C[C@H](O)CO)O[C@H]3C[C@H]3O[C@@H](CC[C@@H]1O2)C[C@@H](C)C3=C. The first-order valence-electron chi connectivity index (χ1n) is 20.5. The molecule has 13 bridgehead atoms. The van der Waals surface area contributed by atoms with Crippen molar-refractivity contribution < 1.29 is 58.0 Å². The molecule has 11 rings (SSSR count). The summed E-state index contributed by atoms with van der Waals surface area (Å²) in [4.78, 5) is 14.1. The second kappa shape index (κ2) is 14.6. The molecule has 0 amide bonds. The van der Waals surface area contributed by atoms with Crippen LogP contribution in [0, 0.1) is 23.7 Å². The molecule has 11 fully saturated rings. The molecular weight excluding hydrogens is 684 g/mol. The van der Waals surface area contributed by atoms with Gasteiger partial charge in [-0.25, -0.2) is 0 Å². The highest BCUT2D eigenvalue weighted by Gasteiger charge is 2.73. The van der Waals surface area contributed by atoms with Gasteiger partial charge in [-0.05, 0) is 62.0 Å². The van der Waals surface area contributed by atoms with Gasteiger partial charge < -0.3 is 53.2 Å². The third-order valence-corrected chi connectivity index (χ3v) is 14.6. The molecule has 12 heteroatoms. The largest absolute Gasteiger partial charge is 0.394 e. The van der Waals surface area contributed by atoms with E-state index in [1.807, 2.05) is 0 Å². The Morgan fingerprint density at radius 3 is 2.36 bits per heavy atom. The molecule has 10 saturated heterocycles. The van der Waals surface area contributed by atoms with Crippen molar-refractivity contribution in [2.24, 2.45) is 23.7 Å². The Morgan fingerprint density at radius 2 is 1.57 bits per heavy atom. The van der Waals surface area contributed by atoms with E-state index in [0.717, 1.165) is 43.3 Å². The fourth-order valence-corrected chi connectivity index (χ4v) is 11.7. The van der Waals surface area contributed by atoms with Crippen LogP contribution in [0.25, 0.3) is 0 Å². The lowest BCUT2D eigenvalue weighted by Crippen LogP contribution is -2.81. The van der Waals surface area contributed by atoms with E-state index in [4.69, 9.17) is 37.9 Å². The zero-order valence-electron chi connectivity index (χ0n) is 31.3. The zero-order valence-corrected chi connectivity index (χ0v) is 31.3. The molecule has 1 aliphatic carbocycles. The van der Waals surface area contributed by atoms with Crippen LogP contribution in [-0.2, 0) is 42.7 Å². The number of methoxy groups -OCH3 is 1. The smallest absolute Gasteiger partial charge is 0.168 e. The lowest BCUT2D eigenvalue weighted by atomic mass is 9.56. The van der Waals surface area contributed by atoms with Gasteiger partial charge in [-0.15, -0.1) is 0 Å². The average molecular weight is 745 g/mol. The third kappa shape index (κ3) is 6.83. The maximum Gasteiger partial charge on any atom is 0.168 e. The third-order valence-electron chi connectivity index (χ3n) is 14.6. The molecule has 20 atom stereocenters. The average Bonchev–Trinajstić information content (AvgIpc) is 3.62. The maximum absolute atomic E-state index is 14.1. The van der Waals surface area contributed by atoms with Gasteiger partial charge in [0.05, 0.1) is 92.1 Å². The highest BCUT2D eigenvalue weighted by molar-refractivity contribution is 5.79. The van der Waals surface area contributed by atoms with Crippen molar-refractivity contribution in [3.63, 3.8) is 0 Å². The summed E-state index contributed by atoms with van der Waals surface area (Å²) in [7, 11) is 1.62. The summed E-state index contributed by atoms with van der Waals surface area (Å²) in [5, 5.41) is 32.2. The van der Waals surface area contributed by atoms with Crippen LogP contribution in [0.15, 0.2) is 24.3 Å². The monoisotopic (exact) mass is 744 g/mol. The number of hydrogen-bond acceptors (Lipinski definition) is 12. The van der Waals surface area contributed by atoms with Crippen molar-refractivity contribution in [2.75, 3.05) is 13.7 Å². The van der Waals surface area contributed by atoms with Gasteiger partial charge in [-0.1, -0.05) is 20.1 Å². The summed E-state index contributed by atoms with van der Waals surface area (Å²) < 4.78 is 52.6. The first-order chi connectivity index (χ1) is 25.5. The molecule has 0 aromatic carbocycles. The van der Waals surface area contributed by atoms with Crippen molar-refractivity contribution in [1.82, 2.24) is 0 Å². The van der Waals surface area contributed by atoms with Gasteiger partial charge in [0.1, 0.15) is 11.9 Å². The van der Waals surface area contributed by atoms with E-state index in [0.29, 0.717) is 32.1 Å². The first kappa shape index (κ1) is 37.3. The normalized spacial score (nSPS) is 53.0. The molecule has 11 aliphatic rings. The van der Waals surface area contributed by atoms with Crippen LogP contribution in [0.2, 0.25) is 0 Å². The maximum atomic E-state index is 14.1. The number of ether oxygens (including phenoxy) is 8. The van der Waals surface area contributed by atoms with Gasteiger partial charge in [0.25, 0.3) is 0 Å². The number of Topliss-reactive ketones (excluding diaryl/α,β-unsaturated/α-hetero) is 1. The van der Waals surface area contributed by atoms with E-state index in [9.17, 15) is 20.1 Å².